The van der Waals surface area contributed by atoms with E-state index in [2.05, 4.69) is 0 Å². The number of allylic oxidation sites excluding steroid dienone is 1. The molecule has 0 aromatic carbocycles. The van der Waals surface area contributed by atoms with Crippen molar-refractivity contribution in [2.75, 3.05) is 0 Å². The molecule has 1 atom stereocenters. The Morgan fingerprint density at radius 3 is 2.62 bits per heavy atom. The minimum absolute atomic E-state index is 0.431. The molecule has 0 heterocycles. The minimum atomic E-state index is -0.604. The zero-order valence-electron chi connectivity index (χ0n) is 8.33. The van der Waals surface area contributed by atoms with Crippen LogP contribution in [0.5, 0.6) is 0 Å². The van der Waals surface area contributed by atoms with Crippen molar-refractivity contribution in [2.45, 2.75) is 39.7 Å². The van der Waals surface area contributed by atoms with Crippen molar-refractivity contribution in [1.29, 1.82) is 5.26 Å². The molecule has 0 aliphatic heterocycles. The van der Waals surface area contributed by atoms with Crippen LogP contribution < -0.4 is 0 Å². The molecule has 0 bridgehead atoms. The van der Waals surface area contributed by atoms with Crippen molar-refractivity contribution in [3.63, 3.8) is 0 Å². The van der Waals surface area contributed by atoms with Crippen LogP contribution in [0, 0.1) is 11.3 Å². The molecule has 13 heavy (non-hydrogen) atoms. The Morgan fingerprint density at radius 2 is 2.23 bits per heavy atom. The molecule has 72 valence electrons. The van der Waals surface area contributed by atoms with E-state index in [0.29, 0.717) is 6.42 Å². The van der Waals surface area contributed by atoms with Gasteiger partial charge in [0.1, 0.15) is 6.07 Å². The number of nitriles is 1. The predicted octanol–water partition coefficient (Wildman–Crippen LogP) is 2.19. The summed E-state index contributed by atoms with van der Waals surface area (Å²) in [5.74, 6) is -0.431. The summed E-state index contributed by atoms with van der Waals surface area (Å²) in [7, 11) is 0. The number of rotatable bonds is 4. The van der Waals surface area contributed by atoms with E-state index in [1.54, 1.807) is 0 Å². The number of carbonyl (C=O) groups is 1. The Hall–Kier alpha value is -1.30. The van der Waals surface area contributed by atoms with Crippen molar-refractivity contribution in [3.8, 4) is 6.07 Å². The zero-order valence-corrected chi connectivity index (χ0v) is 8.33. The highest BCUT2D eigenvalue weighted by Crippen LogP contribution is 2.02. The van der Waals surface area contributed by atoms with Crippen LogP contribution in [0.25, 0.3) is 0 Å². The van der Waals surface area contributed by atoms with Crippen molar-refractivity contribution in [2.24, 2.45) is 0 Å². The van der Waals surface area contributed by atoms with Gasteiger partial charge in [-0.2, -0.15) is 5.26 Å². The molecule has 3 nitrogen and oxygen atoms in total. The summed E-state index contributed by atoms with van der Waals surface area (Å²) in [4.78, 5) is 11.0. The summed E-state index contributed by atoms with van der Waals surface area (Å²) >= 11 is 0. The van der Waals surface area contributed by atoms with E-state index >= 15 is 0 Å². The second kappa shape index (κ2) is 6.24. The van der Waals surface area contributed by atoms with Gasteiger partial charge in [-0.25, -0.2) is 4.79 Å². The molecule has 0 rings (SSSR count). The van der Waals surface area contributed by atoms with E-state index in [4.69, 9.17) is 10.00 Å². The summed E-state index contributed by atoms with van der Waals surface area (Å²) in [6.07, 6.45) is 2.22. The average molecular weight is 181 g/mol. The topological polar surface area (TPSA) is 50.1 Å². The summed E-state index contributed by atoms with van der Waals surface area (Å²) < 4.78 is 4.87. The number of hydrogen-bond donors (Lipinski definition) is 0. The lowest BCUT2D eigenvalue weighted by molar-refractivity contribution is -0.140. The number of nitrogens with zero attached hydrogens (tertiary/aromatic N) is 1. The molecule has 0 aromatic rings. The molecule has 0 aliphatic rings. The van der Waals surface area contributed by atoms with E-state index < -0.39 is 12.1 Å². The smallest absolute Gasteiger partial charge is 0.331 e. The molecule has 0 aliphatic carbocycles. The van der Waals surface area contributed by atoms with Crippen LogP contribution >= 0.6 is 0 Å². The van der Waals surface area contributed by atoms with Gasteiger partial charge in [-0.3, -0.25) is 0 Å². The van der Waals surface area contributed by atoms with Gasteiger partial charge in [-0.05, 0) is 20.3 Å². The fraction of sp³-hybridized carbons (Fsp3) is 0.600. The monoisotopic (exact) mass is 181 g/mol. The molecular formula is C10H15NO2. The lowest BCUT2D eigenvalue weighted by Gasteiger charge is -2.07. The summed E-state index contributed by atoms with van der Waals surface area (Å²) in [5.41, 5.74) is 0.873. The minimum Gasteiger partial charge on any atom is -0.444 e. The summed E-state index contributed by atoms with van der Waals surface area (Å²) in [5, 5.41) is 8.59. The van der Waals surface area contributed by atoms with Gasteiger partial charge in [0.25, 0.3) is 0 Å². The van der Waals surface area contributed by atoms with Gasteiger partial charge >= 0.3 is 5.97 Å². The molecule has 0 aromatic heterocycles. The second-order valence-corrected chi connectivity index (χ2v) is 3.06. The Morgan fingerprint density at radius 1 is 1.62 bits per heavy atom. The third kappa shape index (κ3) is 5.92. The van der Waals surface area contributed by atoms with Crippen LogP contribution in [-0.4, -0.2) is 12.1 Å². The quantitative estimate of drug-likeness (QED) is 0.493. The van der Waals surface area contributed by atoms with Crippen LogP contribution in [0.4, 0.5) is 0 Å². The van der Waals surface area contributed by atoms with Crippen molar-refractivity contribution >= 4 is 5.97 Å². The van der Waals surface area contributed by atoms with Crippen molar-refractivity contribution in [1.82, 2.24) is 0 Å². The highest BCUT2D eigenvalue weighted by Gasteiger charge is 2.09. The van der Waals surface area contributed by atoms with E-state index in [0.717, 1.165) is 12.0 Å². The molecular weight excluding hydrogens is 166 g/mol. The molecule has 0 amide bonds. The molecule has 0 saturated carbocycles. The fourth-order valence-corrected chi connectivity index (χ4v) is 0.822. The van der Waals surface area contributed by atoms with Gasteiger partial charge in [0.2, 0.25) is 0 Å². The average Bonchev–Trinajstić information content (AvgIpc) is 2.02. The van der Waals surface area contributed by atoms with Crippen molar-refractivity contribution < 1.29 is 9.53 Å². The second-order valence-electron chi connectivity index (χ2n) is 3.06. The summed E-state index contributed by atoms with van der Waals surface area (Å²) in [6, 6.07) is 1.93. The predicted molar refractivity (Wildman–Crippen MR) is 49.8 cm³/mol. The normalized spacial score (nSPS) is 11.2. The number of esters is 1. The van der Waals surface area contributed by atoms with Crippen LogP contribution in [0.2, 0.25) is 0 Å². The third-order valence-corrected chi connectivity index (χ3v) is 1.36. The molecule has 0 spiro atoms. The van der Waals surface area contributed by atoms with Gasteiger partial charge in [0.05, 0.1) is 0 Å². The van der Waals surface area contributed by atoms with Gasteiger partial charge in [-0.15, -0.1) is 0 Å². The fourth-order valence-electron chi connectivity index (χ4n) is 0.822. The Bertz CT molecular complexity index is 234. The Balaban J connectivity index is 4.03. The maximum atomic E-state index is 11.0. The van der Waals surface area contributed by atoms with Gasteiger partial charge in [0.15, 0.2) is 6.10 Å². The first-order valence-electron chi connectivity index (χ1n) is 4.35. The first kappa shape index (κ1) is 11.7. The third-order valence-electron chi connectivity index (χ3n) is 1.36. The van der Waals surface area contributed by atoms with Crippen LogP contribution in [0.3, 0.4) is 0 Å². The highest BCUT2D eigenvalue weighted by molar-refractivity contribution is 5.82. The van der Waals surface area contributed by atoms with Crippen LogP contribution in [0.15, 0.2) is 11.6 Å². The Labute approximate surface area is 79.0 Å². The summed E-state index contributed by atoms with van der Waals surface area (Å²) in [6.45, 7) is 5.56. The van der Waals surface area contributed by atoms with E-state index in [9.17, 15) is 4.79 Å². The first-order chi connectivity index (χ1) is 6.10. The van der Waals surface area contributed by atoms with E-state index in [1.807, 2.05) is 26.8 Å². The van der Waals surface area contributed by atoms with Gasteiger partial charge < -0.3 is 4.74 Å². The van der Waals surface area contributed by atoms with Crippen LogP contribution in [0.1, 0.15) is 33.6 Å². The van der Waals surface area contributed by atoms with Gasteiger partial charge in [-0.1, -0.05) is 18.9 Å². The maximum Gasteiger partial charge on any atom is 0.331 e. The van der Waals surface area contributed by atoms with Gasteiger partial charge in [0, 0.05) is 6.08 Å². The molecule has 0 N–H and O–H groups in total. The molecule has 3 heteroatoms. The SMILES string of the molecule is CCCC(C#N)OC(=O)C=C(C)C. The Kier molecular flexibility index (Phi) is 5.62. The highest BCUT2D eigenvalue weighted by atomic mass is 16.5. The lowest BCUT2D eigenvalue weighted by Crippen LogP contribution is -2.14. The zero-order chi connectivity index (χ0) is 10.3. The number of hydrogen-bond acceptors (Lipinski definition) is 3. The molecule has 0 radical (unpaired) electrons. The first-order valence-corrected chi connectivity index (χ1v) is 4.35. The van der Waals surface area contributed by atoms with E-state index in [-0.39, 0.29) is 0 Å². The van der Waals surface area contributed by atoms with E-state index in [1.165, 1.54) is 6.08 Å². The number of carbonyl (C=O) groups excluding carboxylic acids is 1. The maximum absolute atomic E-state index is 11.0. The van der Waals surface area contributed by atoms with Crippen molar-refractivity contribution in [3.05, 3.63) is 11.6 Å². The molecule has 1 unspecified atom stereocenters. The standard InChI is InChI=1S/C10H15NO2/c1-4-5-9(7-11)13-10(12)6-8(2)3/h6,9H,4-5H2,1-3H3. The number of ether oxygens (including phenoxy) is 1. The van der Waals surface area contributed by atoms with Crippen LogP contribution in [-0.2, 0) is 9.53 Å². The molecule has 0 saturated heterocycles. The largest absolute Gasteiger partial charge is 0.444 e. The molecule has 0 fully saturated rings. The lowest BCUT2D eigenvalue weighted by atomic mass is 10.2.